The number of Topliss-reactive ketones (excluding diaryl/α,β-unsaturated/α-hetero) is 1. The van der Waals surface area contributed by atoms with Gasteiger partial charge in [0.2, 0.25) is 0 Å². The molecule has 13 heavy (non-hydrogen) atoms. The van der Waals surface area contributed by atoms with E-state index >= 15 is 0 Å². The third kappa shape index (κ3) is 3.97. The van der Waals surface area contributed by atoms with Crippen molar-refractivity contribution >= 4 is 5.78 Å². The molecule has 0 amide bonds. The number of unbranched alkanes of at least 4 members (excludes halogenated alkanes) is 1. The lowest BCUT2D eigenvalue weighted by Gasteiger charge is -2.03. The zero-order valence-corrected chi connectivity index (χ0v) is 7.99. The van der Waals surface area contributed by atoms with Gasteiger partial charge in [0.15, 0.2) is 5.78 Å². The third-order valence-corrected chi connectivity index (χ3v) is 1.67. The molecule has 74 valence electrons. The summed E-state index contributed by atoms with van der Waals surface area (Å²) in [5.41, 5.74) is -0.215. The number of hydrogen-bond acceptors (Lipinski definition) is 1. The molecule has 0 radical (unpaired) electrons. The molecule has 0 rings (SSSR count). The van der Waals surface area contributed by atoms with E-state index in [9.17, 15) is 13.6 Å². The molecular weight excluding hydrogens is 174 g/mol. The lowest BCUT2D eigenvalue weighted by Crippen LogP contribution is -2.04. The molecule has 0 aliphatic rings. The number of carbonyl (C=O) groups excluding carboxylic acids is 1. The molecule has 0 aromatic carbocycles. The van der Waals surface area contributed by atoms with Crippen LogP contribution in [0.2, 0.25) is 0 Å². The number of halogens is 2. The molecule has 0 N–H and O–H groups in total. The van der Waals surface area contributed by atoms with Gasteiger partial charge in [-0.25, -0.2) is 0 Å². The molecule has 0 aliphatic heterocycles. The standard InChI is InChI=1S/C10H14F2O/c1-4-5-6-8(10(11)12)9(13)7(2)3/h2,4-6H2,1,3H3. The minimum Gasteiger partial charge on any atom is -0.289 e. The molecular formula is C10H14F2O. The Kier molecular flexibility index (Phi) is 5.19. The Morgan fingerprint density at radius 1 is 1.38 bits per heavy atom. The molecule has 0 atom stereocenters. The summed E-state index contributed by atoms with van der Waals surface area (Å²) in [7, 11) is 0. The summed E-state index contributed by atoms with van der Waals surface area (Å²) >= 11 is 0. The topological polar surface area (TPSA) is 17.1 Å². The minimum absolute atomic E-state index is 0.143. The van der Waals surface area contributed by atoms with E-state index in [0.717, 1.165) is 6.42 Å². The van der Waals surface area contributed by atoms with Gasteiger partial charge in [-0.15, -0.1) is 0 Å². The predicted molar refractivity (Wildman–Crippen MR) is 48.6 cm³/mol. The van der Waals surface area contributed by atoms with Crippen LogP contribution in [0.1, 0.15) is 33.1 Å². The smallest absolute Gasteiger partial charge is 0.277 e. The van der Waals surface area contributed by atoms with Gasteiger partial charge < -0.3 is 0 Å². The van der Waals surface area contributed by atoms with E-state index < -0.39 is 11.9 Å². The average molecular weight is 188 g/mol. The van der Waals surface area contributed by atoms with E-state index in [0.29, 0.717) is 6.42 Å². The first-order valence-electron chi connectivity index (χ1n) is 4.25. The van der Waals surface area contributed by atoms with E-state index in [2.05, 4.69) is 6.58 Å². The summed E-state index contributed by atoms with van der Waals surface area (Å²) in [6.45, 7) is 6.68. The first-order valence-corrected chi connectivity index (χ1v) is 4.25. The molecule has 0 unspecified atom stereocenters. The fourth-order valence-corrected chi connectivity index (χ4v) is 0.905. The summed E-state index contributed by atoms with van der Waals surface area (Å²) < 4.78 is 24.5. The Balaban J connectivity index is 4.55. The first-order chi connectivity index (χ1) is 6.00. The van der Waals surface area contributed by atoms with Gasteiger partial charge in [-0.1, -0.05) is 19.9 Å². The molecule has 0 fully saturated rings. The van der Waals surface area contributed by atoms with Crippen molar-refractivity contribution in [3.8, 4) is 0 Å². The Morgan fingerprint density at radius 2 is 1.92 bits per heavy atom. The van der Waals surface area contributed by atoms with Gasteiger partial charge >= 0.3 is 0 Å². The van der Waals surface area contributed by atoms with Gasteiger partial charge in [0, 0.05) is 0 Å². The highest BCUT2D eigenvalue weighted by Gasteiger charge is 2.15. The maximum Gasteiger partial charge on any atom is 0.277 e. The molecule has 1 nitrogen and oxygen atoms in total. The molecule has 0 aromatic heterocycles. The summed E-state index contributed by atoms with van der Waals surface area (Å²) in [4.78, 5) is 11.2. The molecule has 3 heteroatoms. The van der Waals surface area contributed by atoms with Crippen LogP contribution in [0, 0.1) is 0 Å². The Morgan fingerprint density at radius 3 is 2.23 bits per heavy atom. The predicted octanol–water partition coefficient (Wildman–Crippen LogP) is 3.47. The average Bonchev–Trinajstić information content (AvgIpc) is 2.04. The molecule has 0 spiro atoms. The van der Waals surface area contributed by atoms with Crippen LogP contribution in [0.3, 0.4) is 0 Å². The molecule has 0 saturated carbocycles. The van der Waals surface area contributed by atoms with Crippen molar-refractivity contribution in [3.63, 3.8) is 0 Å². The zero-order chi connectivity index (χ0) is 10.4. The summed E-state index contributed by atoms with van der Waals surface area (Å²) in [5, 5.41) is 0. The summed E-state index contributed by atoms with van der Waals surface area (Å²) in [6.07, 6.45) is -0.335. The Bertz CT molecular complexity index is 237. The Labute approximate surface area is 77.1 Å². The van der Waals surface area contributed by atoms with E-state index in [1.54, 1.807) is 0 Å². The van der Waals surface area contributed by atoms with Crippen molar-refractivity contribution in [2.45, 2.75) is 33.1 Å². The number of ketones is 1. The van der Waals surface area contributed by atoms with Gasteiger partial charge in [-0.3, -0.25) is 4.79 Å². The van der Waals surface area contributed by atoms with Crippen LogP contribution in [-0.4, -0.2) is 5.78 Å². The quantitative estimate of drug-likeness (QED) is 0.604. The highest BCUT2D eigenvalue weighted by molar-refractivity contribution is 6.07. The summed E-state index contributed by atoms with van der Waals surface area (Å²) in [5.74, 6) is -0.617. The Hall–Kier alpha value is -0.990. The molecule has 0 heterocycles. The zero-order valence-electron chi connectivity index (χ0n) is 7.99. The van der Waals surface area contributed by atoms with Crippen molar-refractivity contribution in [2.24, 2.45) is 0 Å². The third-order valence-electron chi connectivity index (χ3n) is 1.67. The van der Waals surface area contributed by atoms with Crippen LogP contribution < -0.4 is 0 Å². The SMILES string of the molecule is C=C(C)C(=O)C(CCCC)=C(F)F. The van der Waals surface area contributed by atoms with Crippen molar-refractivity contribution in [2.75, 3.05) is 0 Å². The monoisotopic (exact) mass is 188 g/mol. The van der Waals surface area contributed by atoms with Gasteiger partial charge in [-0.05, 0) is 25.3 Å². The lowest BCUT2D eigenvalue weighted by atomic mass is 10.0. The summed E-state index contributed by atoms with van der Waals surface area (Å²) in [6, 6.07) is 0. The number of allylic oxidation sites excluding steroid dienone is 2. The van der Waals surface area contributed by atoms with Crippen LogP contribution in [0.15, 0.2) is 23.8 Å². The first kappa shape index (κ1) is 12.0. The van der Waals surface area contributed by atoms with Crippen molar-refractivity contribution in [3.05, 3.63) is 23.8 Å². The highest BCUT2D eigenvalue weighted by Crippen LogP contribution is 2.18. The fourth-order valence-electron chi connectivity index (χ4n) is 0.905. The van der Waals surface area contributed by atoms with Gasteiger partial charge in [0.05, 0.1) is 5.57 Å². The normalized spacial score (nSPS) is 9.54. The number of hydrogen-bond donors (Lipinski definition) is 0. The van der Waals surface area contributed by atoms with Crippen molar-refractivity contribution < 1.29 is 13.6 Å². The second-order valence-corrected chi connectivity index (χ2v) is 2.95. The van der Waals surface area contributed by atoms with Gasteiger partial charge in [-0.2, -0.15) is 8.78 Å². The second kappa shape index (κ2) is 5.62. The minimum atomic E-state index is -1.87. The fraction of sp³-hybridized carbons (Fsp3) is 0.500. The molecule has 0 saturated heterocycles. The number of carbonyl (C=O) groups is 1. The molecule has 0 aromatic rings. The highest BCUT2D eigenvalue weighted by atomic mass is 19.3. The molecule has 0 bridgehead atoms. The van der Waals surface area contributed by atoms with E-state index in [-0.39, 0.29) is 17.6 Å². The van der Waals surface area contributed by atoms with E-state index in [1.807, 2.05) is 6.92 Å². The van der Waals surface area contributed by atoms with Crippen molar-refractivity contribution in [1.82, 2.24) is 0 Å². The van der Waals surface area contributed by atoms with Crippen molar-refractivity contribution in [1.29, 1.82) is 0 Å². The van der Waals surface area contributed by atoms with Gasteiger partial charge in [0.25, 0.3) is 6.08 Å². The number of rotatable bonds is 5. The van der Waals surface area contributed by atoms with Crippen LogP contribution in [0.25, 0.3) is 0 Å². The van der Waals surface area contributed by atoms with Crippen LogP contribution in [-0.2, 0) is 4.79 Å². The largest absolute Gasteiger partial charge is 0.289 e. The van der Waals surface area contributed by atoms with Crippen LogP contribution in [0.5, 0.6) is 0 Å². The van der Waals surface area contributed by atoms with Crippen LogP contribution >= 0.6 is 0 Å². The second-order valence-electron chi connectivity index (χ2n) is 2.95. The van der Waals surface area contributed by atoms with E-state index in [1.165, 1.54) is 6.92 Å². The van der Waals surface area contributed by atoms with E-state index in [4.69, 9.17) is 0 Å². The van der Waals surface area contributed by atoms with Gasteiger partial charge in [0.1, 0.15) is 0 Å². The molecule has 0 aliphatic carbocycles. The lowest BCUT2D eigenvalue weighted by molar-refractivity contribution is -0.112. The maximum atomic E-state index is 12.3. The maximum absolute atomic E-state index is 12.3. The van der Waals surface area contributed by atoms with Crippen LogP contribution in [0.4, 0.5) is 8.78 Å².